The highest BCUT2D eigenvalue weighted by molar-refractivity contribution is 6.42. The van der Waals surface area contributed by atoms with Crippen molar-refractivity contribution in [2.45, 2.75) is 26.3 Å². The molecule has 0 fully saturated rings. The van der Waals surface area contributed by atoms with Crippen molar-refractivity contribution >= 4 is 40.5 Å². The number of carboxylic acids is 1. The first kappa shape index (κ1) is 16.5. The maximum atomic E-state index is 11.1. The fourth-order valence-electron chi connectivity index (χ4n) is 1.98. The standard InChI is InChI=1S/C12H14Cl2N2O4/c1-3-15(7(2)4-12(17)18)10-5-8(13)9(14)6-11(10)16(19)20/h5-7H,3-4H2,1-2H3,(H,17,18). The first-order valence-corrected chi connectivity index (χ1v) is 6.65. The fraction of sp³-hybridized carbons (Fsp3) is 0.417. The topological polar surface area (TPSA) is 83.7 Å². The van der Waals surface area contributed by atoms with Crippen LogP contribution in [-0.2, 0) is 4.79 Å². The number of aliphatic carboxylic acids is 1. The van der Waals surface area contributed by atoms with E-state index in [4.69, 9.17) is 28.3 Å². The average Bonchev–Trinajstić information content (AvgIpc) is 2.32. The van der Waals surface area contributed by atoms with E-state index in [1.807, 2.05) is 0 Å². The zero-order valence-electron chi connectivity index (χ0n) is 11.0. The molecule has 1 aromatic rings. The van der Waals surface area contributed by atoms with E-state index in [0.29, 0.717) is 6.54 Å². The van der Waals surface area contributed by atoms with Gasteiger partial charge in [0.1, 0.15) is 5.69 Å². The third kappa shape index (κ3) is 3.74. The SMILES string of the molecule is CCN(c1cc(Cl)c(Cl)cc1[N+](=O)[O-])C(C)CC(=O)O. The number of hydrogen-bond acceptors (Lipinski definition) is 4. The van der Waals surface area contributed by atoms with Crippen molar-refractivity contribution in [1.29, 1.82) is 0 Å². The number of rotatable bonds is 6. The third-order valence-electron chi connectivity index (χ3n) is 2.87. The summed E-state index contributed by atoms with van der Waals surface area (Å²) in [5.74, 6) is -0.973. The minimum absolute atomic E-state index is 0.0871. The number of carboxylic acid groups (broad SMARTS) is 1. The highest BCUT2D eigenvalue weighted by Crippen LogP contribution is 2.37. The highest BCUT2D eigenvalue weighted by Gasteiger charge is 2.25. The van der Waals surface area contributed by atoms with Gasteiger partial charge in [-0.1, -0.05) is 23.2 Å². The van der Waals surface area contributed by atoms with E-state index >= 15 is 0 Å². The maximum Gasteiger partial charge on any atom is 0.305 e. The molecule has 1 atom stereocenters. The molecule has 1 unspecified atom stereocenters. The van der Waals surface area contributed by atoms with Crippen molar-refractivity contribution in [3.63, 3.8) is 0 Å². The number of nitro benzene ring substituents is 1. The lowest BCUT2D eigenvalue weighted by Crippen LogP contribution is -2.35. The molecule has 6 nitrogen and oxygen atoms in total. The molecular weight excluding hydrogens is 307 g/mol. The quantitative estimate of drug-likeness (QED) is 0.639. The normalized spacial score (nSPS) is 12.0. The largest absolute Gasteiger partial charge is 0.481 e. The molecule has 0 radical (unpaired) electrons. The second-order valence-electron chi connectivity index (χ2n) is 4.25. The Bertz CT molecular complexity index is 536. The number of halogens is 2. The highest BCUT2D eigenvalue weighted by atomic mass is 35.5. The Morgan fingerprint density at radius 1 is 1.45 bits per heavy atom. The molecular formula is C12H14Cl2N2O4. The van der Waals surface area contributed by atoms with Crippen LogP contribution in [0.2, 0.25) is 10.0 Å². The minimum atomic E-state index is -0.973. The maximum absolute atomic E-state index is 11.1. The second kappa shape index (κ2) is 6.76. The molecule has 0 aliphatic carbocycles. The summed E-state index contributed by atoms with van der Waals surface area (Å²) >= 11 is 11.7. The van der Waals surface area contributed by atoms with Gasteiger partial charge in [0.15, 0.2) is 0 Å². The van der Waals surface area contributed by atoms with Crippen molar-refractivity contribution in [2.24, 2.45) is 0 Å². The molecule has 110 valence electrons. The lowest BCUT2D eigenvalue weighted by molar-refractivity contribution is -0.384. The van der Waals surface area contributed by atoms with Gasteiger partial charge in [-0.15, -0.1) is 0 Å². The molecule has 1 N–H and O–H groups in total. The summed E-state index contributed by atoms with van der Waals surface area (Å²) in [7, 11) is 0. The van der Waals surface area contributed by atoms with Gasteiger partial charge >= 0.3 is 5.97 Å². The van der Waals surface area contributed by atoms with Gasteiger partial charge in [0.05, 0.1) is 21.4 Å². The van der Waals surface area contributed by atoms with Gasteiger partial charge in [-0.2, -0.15) is 0 Å². The number of anilines is 1. The molecule has 8 heteroatoms. The van der Waals surface area contributed by atoms with Crippen LogP contribution in [0, 0.1) is 10.1 Å². The summed E-state index contributed by atoms with van der Waals surface area (Å²) in [6, 6.07) is 2.16. The Morgan fingerprint density at radius 2 is 2.00 bits per heavy atom. The van der Waals surface area contributed by atoms with E-state index in [-0.39, 0.29) is 27.8 Å². The average molecular weight is 321 g/mol. The van der Waals surface area contributed by atoms with Crippen molar-refractivity contribution < 1.29 is 14.8 Å². The fourth-order valence-corrected chi connectivity index (χ4v) is 2.30. The van der Waals surface area contributed by atoms with Gasteiger partial charge in [0.25, 0.3) is 5.69 Å². The smallest absolute Gasteiger partial charge is 0.305 e. The predicted molar refractivity (Wildman–Crippen MR) is 77.9 cm³/mol. The molecule has 0 aliphatic rings. The number of nitrogens with zero attached hydrogens (tertiary/aromatic N) is 2. The molecule has 0 aliphatic heterocycles. The molecule has 0 spiro atoms. The van der Waals surface area contributed by atoms with Crippen LogP contribution >= 0.6 is 23.2 Å². The van der Waals surface area contributed by atoms with E-state index in [0.717, 1.165) is 0 Å². The van der Waals surface area contributed by atoms with Gasteiger partial charge in [0.2, 0.25) is 0 Å². The molecule has 0 saturated carbocycles. The van der Waals surface area contributed by atoms with Crippen LogP contribution < -0.4 is 4.90 Å². The van der Waals surface area contributed by atoms with Gasteiger partial charge in [0, 0.05) is 18.7 Å². The van der Waals surface area contributed by atoms with Gasteiger partial charge < -0.3 is 10.0 Å². The summed E-state index contributed by atoms with van der Waals surface area (Å²) < 4.78 is 0. The van der Waals surface area contributed by atoms with Crippen LogP contribution in [0.15, 0.2) is 12.1 Å². The number of nitro groups is 1. The molecule has 20 heavy (non-hydrogen) atoms. The Kier molecular flexibility index (Phi) is 5.59. The zero-order valence-corrected chi connectivity index (χ0v) is 12.5. The third-order valence-corrected chi connectivity index (χ3v) is 3.59. The summed E-state index contributed by atoms with van der Waals surface area (Å²) in [5, 5.41) is 20.2. The summed E-state index contributed by atoms with van der Waals surface area (Å²) in [5.41, 5.74) is 0.0686. The molecule has 0 amide bonds. The van der Waals surface area contributed by atoms with Crippen molar-refractivity contribution in [2.75, 3.05) is 11.4 Å². The predicted octanol–water partition coefficient (Wildman–Crippen LogP) is 3.59. The summed E-state index contributed by atoms with van der Waals surface area (Å²) in [4.78, 5) is 23.0. The Hall–Kier alpha value is -1.53. The van der Waals surface area contributed by atoms with Crippen molar-refractivity contribution in [3.8, 4) is 0 Å². The van der Waals surface area contributed by atoms with E-state index < -0.39 is 16.9 Å². The molecule has 0 saturated heterocycles. The van der Waals surface area contributed by atoms with Gasteiger partial charge in [-0.25, -0.2) is 0 Å². The van der Waals surface area contributed by atoms with Gasteiger partial charge in [-0.05, 0) is 19.9 Å². The van der Waals surface area contributed by atoms with Crippen molar-refractivity contribution in [3.05, 3.63) is 32.3 Å². The molecule has 0 heterocycles. The van der Waals surface area contributed by atoms with Crippen LogP contribution in [0.5, 0.6) is 0 Å². The van der Waals surface area contributed by atoms with E-state index in [2.05, 4.69) is 0 Å². The number of benzene rings is 1. The van der Waals surface area contributed by atoms with E-state index in [1.165, 1.54) is 12.1 Å². The lowest BCUT2D eigenvalue weighted by Gasteiger charge is -2.29. The molecule has 1 aromatic carbocycles. The van der Waals surface area contributed by atoms with Crippen LogP contribution in [0.1, 0.15) is 20.3 Å². The Labute approximate surface area is 126 Å². The first-order valence-electron chi connectivity index (χ1n) is 5.89. The first-order chi connectivity index (χ1) is 9.27. The summed E-state index contributed by atoms with van der Waals surface area (Å²) in [6.07, 6.45) is -0.134. The molecule has 1 rings (SSSR count). The van der Waals surface area contributed by atoms with Crippen LogP contribution in [-0.4, -0.2) is 28.6 Å². The van der Waals surface area contributed by atoms with Crippen LogP contribution in [0.4, 0.5) is 11.4 Å². The van der Waals surface area contributed by atoms with Crippen molar-refractivity contribution in [1.82, 2.24) is 0 Å². The monoisotopic (exact) mass is 320 g/mol. The number of hydrogen-bond donors (Lipinski definition) is 1. The minimum Gasteiger partial charge on any atom is -0.481 e. The Morgan fingerprint density at radius 3 is 2.45 bits per heavy atom. The molecule has 0 bridgehead atoms. The van der Waals surface area contributed by atoms with Gasteiger partial charge in [-0.3, -0.25) is 14.9 Å². The van der Waals surface area contributed by atoms with E-state index in [1.54, 1.807) is 18.7 Å². The van der Waals surface area contributed by atoms with Crippen LogP contribution in [0.3, 0.4) is 0 Å². The number of carbonyl (C=O) groups is 1. The van der Waals surface area contributed by atoms with E-state index in [9.17, 15) is 14.9 Å². The molecule has 0 aromatic heterocycles. The Balaban J connectivity index is 3.30. The summed E-state index contributed by atoms with van der Waals surface area (Å²) in [6.45, 7) is 3.88. The van der Waals surface area contributed by atoms with Crippen LogP contribution in [0.25, 0.3) is 0 Å². The lowest BCUT2D eigenvalue weighted by atomic mass is 10.1. The zero-order chi connectivity index (χ0) is 15.4. The second-order valence-corrected chi connectivity index (χ2v) is 5.06.